The zero-order valence-electron chi connectivity index (χ0n) is 15.4. The number of hydrogen-bond acceptors (Lipinski definition) is 4. The molecule has 0 saturated heterocycles. The maximum Gasteiger partial charge on any atom is 0.306 e. The van der Waals surface area contributed by atoms with Crippen LogP contribution in [-0.4, -0.2) is 25.7 Å². The maximum absolute atomic E-state index is 11.6. The summed E-state index contributed by atoms with van der Waals surface area (Å²) in [5.41, 5.74) is 9.49. The lowest BCUT2D eigenvalue weighted by Crippen LogP contribution is -2.37. The number of nitrogen functional groups attached to an aromatic ring is 1. The van der Waals surface area contributed by atoms with Crippen molar-refractivity contribution in [3.8, 4) is 0 Å². The van der Waals surface area contributed by atoms with Gasteiger partial charge in [-0.3, -0.25) is 4.79 Å². The van der Waals surface area contributed by atoms with Crippen LogP contribution in [-0.2, 0) is 9.53 Å². The molecule has 1 aromatic rings. The minimum atomic E-state index is -0.165. The quantitative estimate of drug-likeness (QED) is 0.590. The highest BCUT2D eigenvalue weighted by Crippen LogP contribution is 2.34. The molecule has 0 aromatic heterocycles. The summed E-state index contributed by atoms with van der Waals surface area (Å²) >= 11 is 0. The third-order valence-electron chi connectivity index (χ3n) is 5.32. The topological polar surface area (TPSA) is 55.6 Å². The van der Waals surface area contributed by atoms with E-state index in [2.05, 4.69) is 36.9 Å². The molecule has 4 heteroatoms. The summed E-state index contributed by atoms with van der Waals surface area (Å²) in [7, 11) is 1.44. The minimum Gasteiger partial charge on any atom is -0.469 e. The van der Waals surface area contributed by atoms with Gasteiger partial charge in [0.15, 0.2) is 0 Å². The fourth-order valence-electron chi connectivity index (χ4n) is 3.89. The number of nitrogens with zero attached hydrogens (tertiary/aromatic N) is 1. The Balaban J connectivity index is 2.19. The highest BCUT2D eigenvalue weighted by molar-refractivity contribution is 5.72. The Morgan fingerprint density at radius 2 is 2.00 bits per heavy atom. The van der Waals surface area contributed by atoms with Gasteiger partial charge in [-0.1, -0.05) is 32.3 Å². The Bertz CT molecular complexity index is 538. The second-order valence-electron chi connectivity index (χ2n) is 6.78. The second-order valence-corrected chi connectivity index (χ2v) is 6.78. The fourth-order valence-corrected chi connectivity index (χ4v) is 3.89. The SMILES string of the molecule is CC[C@@H](CC(=O)OC)c1ccc(N(CC)C2CCCCC2)c(N)c1. The first-order chi connectivity index (χ1) is 11.6. The summed E-state index contributed by atoms with van der Waals surface area (Å²) in [5.74, 6) is 0.000412. The van der Waals surface area contributed by atoms with Gasteiger partial charge in [0.1, 0.15) is 0 Å². The van der Waals surface area contributed by atoms with E-state index in [4.69, 9.17) is 10.5 Å². The number of anilines is 2. The molecule has 1 aliphatic rings. The summed E-state index contributed by atoms with van der Waals surface area (Å²) in [6.07, 6.45) is 7.81. The van der Waals surface area contributed by atoms with Gasteiger partial charge in [-0.15, -0.1) is 0 Å². The van der Waals surface area contributed by atoms with Crippen LogP contribution in [0.2, 0.25) is 0 Å². The molecule has 0 heterocycles. The predicted octanol–water partition coefficient (Wildman–Crippen LogP) is 4.48. The molecule has 2 N–H and O–H groups in total. The number of carbonyl (C=O) groups is 1. The van der Waals surface area contributed by atoms with Crippen molar-refractivity contribution in [1.29, 1.82) is 0 Å². The van der Waals surface area contributed by atoms with Crippen LogP contribution >= 0.6 is 0 Å². The number of carbonyl (C=O) groups excluding carboxylic acids is 1. The van der Waals surface area contributed by atoms with E-state index in [-0.39, 0.29) is 11.9 Å². The number of esters is 1. The lowest BCUT2D eigenvalue weighted by Gasteiger charge is -2.36. The largest absolute Gasteiger partial charge is 0.469 e. The zero-order valence-corrected chi connectivity index (χ0v) is 15.4. The van der Waals surface area contributed by atoms with Gasteiger partial charge in [-0.2, -0.15) is 0 Å². The van der Waals surface area contributed by atoms with Gasteiger partial charge in [-0.25, -0.2) is 0 Å². The summed E-state index contributed by atoms with van der Waals surface area (Å²) in [6.45, 7) is 5.28. The summed E-state index contributed by atoms with van der Waals surface area (Å²) < 4.78 is 4.81. The van der Waals surface area contributed by atoms with E-state index in [1.807, 2.05) is 0 Å². The zero-order chi connectivity index (χ0) is 17.5. The van der Waals surface area contributed by atoms with Gasteiger partial charge in [-0.05, 0) is 49.8 Å². The van der Waals surface area contributed by atoms with Crippen molar-refractivity contribution in [1.82, 2.24) is 0 Å². The molecule has 1 aromatic carbocycles. The average molecular weight is 332 g/mol. The lowest BCUT2D eigenvalue weighted by molar-refractivity contribution is -0.141. The Morgan fingerprint density at radius 1 is 1.29 bits per heavy atom. The molecule has 0 aliphatic heterocycles. The Hall–Kier alpha value is -1.71. The second kappa shape index (κ2) is 8.95. The molecular formula is C20H32N2O2. The van der Waals surface area contributed by atoms with E-state index < -0.39 is 0 Å². The van der Waals surface area contributed by atoms with Crippen molar-refractivity contribution in [3.63, 3.8) is 0 Å². The Morgan fingerprint density at radius 3 is 2.54 bits per heavy atom. The van der Waals surface area contributed by atoms with Crippen LogP contribution in [0.5, 0.6) is 0 Å². The van der Waals surface area contributed by atoms with E-state index in [0.29, 0.717) is 12.5 Å². The molecule has 0 amide bonds. The molecule has 4 nitrogen and oxygen atoms in total. The number of benzene rings is 1. The molecule has 134 valence electrons. The molecule has 2 rings (SSSR count). The number of nitrogens with two attached hydrogens (primary N) is 1. The van der Waals surface area contributed by atoms with Gasteiger partial charge in [0, 0.05) is 12.6 Å². The molecule has 0 bridgehead atoms. The third-order valence-corrected chi connectivity index (χ3v) is 5.32. The first kappa shape index (κ1) is 18.6. The van der Waals surface area contributed by atoms with E-state index in [0.717, 1.165) is 29.9 Å². The van der Waals surface area contributed by atoms with Crippen LogP contribution < -0.4 is 10.6 Å². The summed E-state index contributed by atoms with van der Waals surface area (Å²) in [4.78, 5) is 14.1. The Labute approximate surface area is 146 Å². The molecule has 1 saturated carbocycles. The summed E-state index contributed by atoms with van der Waals surface area (Å²) in [5, 5.41) is 0. The van der Waals surface area contributed by atoms with Crippen LogP contribution in [0.25, 0.3) is 0 Å². The van der Waals surface area contributed by atoms with Crippen molar-refractivity contribution in [2.75, 3.05) is 24.3 Å². The molecule has 0 spiro atoms. The standard InChI is InChI=1S/C20H32N2O2/c1-4-15(14-20(23)24-3)16-11-12-19(18(21)13-16)22(5-2)17-9-7-6-8-10-17/h11-13,15,17H,4-10,14,21H2,1-3H3/t15-/m0/s1. The van der Waals surface area contributed by atoms with Gasteiger partial charge < -0.3 is 15.4 Å². The van der Waals surface area contributed by atoms with Crippen molar-refractivity contribution in [3.05, 3.63) is 23.8 Å². The van der Waals surface area contributed by atoms with Crippen LogP contribution in [0.4, 0.5) is 11.4 Å². The van der Waals surface area contributed by atoms with E-state index in [1.165, 1.54) is 39.2 Å². The molecule has 1 fully saturated rings. The molecule has 0 radical (unpaired) electrons. The van der Waals surface area contributed by atoms with Crippen molar-refractivity contribution in [2.45, 2.75) is 70.8 Å². The minimum absolute atomic E-state index is 0.165. The van der Waals surface area contributed by atoms with Crippen molar-refractivity contribution >= 4 is 17.3 Å². The number of methoxy groups -OCH3 is 1. The van der Waals surface area contributed by atoms with Gasteiger partial charge in [0.05, 0.1) is 24.9 Å². The fraction of sp³-hybridized carbons (Fsp3) is 0.650. The van der Waals surface area contributed by atoms with Crippen LogP contribution in [0.3, 0.4) is 0 Å². The van der Waals surface area contributed by atoms with Crippen molar-refractivity contribution < 1.29 is 9.53 Å². The first-order valence-electron chi connectivity index (χ1n) is 9.33. The number of rotatable bonds is 7. The van der Waals surface area contributed by atoms with Crippen LogP contribution in [0, 0.1) is 0 Å². The van der Waals surface area contributed by atoms with Crippen molar-refractivity contribution in [2.24, 2.45) is 0 Å². The first-order valence-corrected chi connectivity index (χ1v) is 9.33. The molecule has 24 heavy (non-hydrogen) atoms. The number of hydrogen-bond donors (Lipinski definition) is 1. The van der Waals surface area contributed by atoms with Gasteiger partial charge >= 0.3 is 5.97 Å². The highest BCUT2D eigenvalue weighted by atomic mass is 16.5. The maximum atomic E-state index is 11.6. The predicted molar refractivity (Wildman–Crippen MR) is 100 cm³/mol. The lowest BCUT2D eigenvalue weighted by atomic mass is 9.91. The molecule has 1 atom stereocenters. The highest BCUT2D eigenvalue weighted by Gasteiger charge is 2.22. The van der Waals surface area contributed by atoms with Crippen LogP contribution in [0.15, 0.2) is 18.2 Å². The molecule has 0 unspecified atom stereocenters. The smallest absolute Gasteiger partial charge is 0.306 e. The van der Waals surface area contributed by atoms with Crippen LogP contribution in [0.1, 0.15) is 70.3 Å². The average Bonchev–Trinajstić information content (AvgIpc) is 2.62. The van der Waals surface area contributed by atoms with E-state index in [9.17, 15) is 4.79 Å². The molecule has 1 aliphatic carbocycles. The van der Waals surface area contributed by atoms with E-state index in [1.54, 1.807) is 0 Å². The summed E-state index contributed by atoms with van der Waals surface area (Å²) in [6, 6.07) is 6.93. The normalized spacial score (nSPS) is 16.6. The Kier molecular flexibility index (Phi) is 6.95. The molecular weight excluding hydrogens is 300 g/mol. The number of ether oxygens (including phenoxy) is 1. The third kappa shape index (κ3) is 4.43. The van der Waals surface area contributed by atoms with E-state index >= 15 is 0 Å². The van der Waals surface area contributed by atoms with Gasteiger partial charge in [0.2, 0.25) is 0 Å². The monoisotopic (exact) mass is 332 g/mol. The van der Waals surface area contributed by atoms with Gasteiger partial charge in [0.25, 0.3) is 0 Å².